The van der Waals surface area contributed by atoms with Crippen LogP contribution in [0, 0.1) is 58.2 Å². The predicted molar refractivity (Wildman–Crippen MR) is 124 cm³/mol. The number of hydrogen-bond donors (Lipinski definition) is 1. The highest BCUT2D eigenvalue weighted by molar-refractivity contribution is 5.84. The monoisotopic (exact) mass is 414 g/mol. The van der Waals surface area contributed by atoms with Crippen LogP contribution in [0.3, 0.4) is 0 Å². The zero-order valence-corrected chi connectivity index (χ0v) is 20.4. The van der Waals surface area contributed by atoms with Gasteiger partial charge in [-0.15, -0.1) is 0 Å². The lowest BCUT2D eigenvalue weighted by molar-refractivity contribution is -0.162. The second-order valence-electron chi connectivity index (χ2n) is 12.6. The Balaban J connectivity index is 1.56. The van der Waals surface area contributed by atoms with Crippen molar-refractivity contribution < 1.29 is 9.90 Å². The number of Topliss-reactive ketones (excluding diaryl/α,β-unsaturated/α-hetero) is 1. The van der Waals surface area contributed by atoms with Gasteiger partial charge in [0.15, 0.2) is 0 Å². The molecule has 1 N–H and O–H groups in total. The molecule has 0 radical (unpaired) electrons. The smallest absolute Gasteiger partial charge is 0.137 e. The van der Waals surface area contributed by atoms with Gasteiger partial charge in [0, 0.05) is 12.3 Å². The quantitative estimate of drug-likeness (QED) is 0.522. The summed E-state index contributed by atoms with van der Waals surface area (Å²) in [7, 11) is 0. The van der Waals surface area contributed by atoms with Crippen LogP contribution in [0.4, 0.5) is 0 Å². The summed E-state index contributed by atoms with van der Waals surface area (Å²) in [5.74, 6) is 5.18. The van der Waals surface area contributed by atoms with Crippen molar-refractivity contribution in [1.82, 2.24) is 0 Å². The van der Waals surface area contributed by atoms with E-state index in [2.05, 4.69) is 53.7 Å². The zero-order valence-electron chi connectivity index (χ0n) is 20.4. The van der Waals surface area contributed by atoms with Gasteiger partial charge in [-0.25, -0.2) is 0 Å². The Morgan fingerprint density at radius 3 is 2.40 bits per heavy atom. The molecule has 30 heavy (non-hydrogen) atoms. The Kier molecular flexibility index (Phi) is 6.06. The number of ketones is 1. The molecule has 2 nitrogen and oxygen atoms in total. The molecule has 4 aliphatic carbocycles. The molecule has 2 heteroatoms. The van der Waals surface area contributed by atoms with Crippen LogP contribution in [-0.2, 0) is 4.79 Å². The first-order valence-electron chi connectivity index (χ1n) is 13.0. The molecule has 0 aromatic rings. The Morgan fingerprint density at radius 2 is 1.70 bits per heavy atom. The van der Waals surface area contributed by atoms with Gasteiger partial charge in [-0.05, 0) is 97.2 Å². The standard InChI is InChI=1S/C28H46O2/c1-17(2)18(3)7-8-19(4)23-11-12-24-22-10-9-20-15-21(29)13-14-27(20,5)26(22)25(30)16-28(23,24)6/h7-8,17-24,26,29H,9-16H2,1-6H3/b8-7+/t18-,19+,20-,21+,22-,23+,24-,26+,27-,28+/m0/s1. The summed E-state index contributed by atoms with van der Waals surface area (Å²) in [4.78, 5) is 13.8. The van der Waals surface area contributed by atoms with Gasteiger partial charge in [-0.1, -0.05) is 53.7 Å². The first kappa shape index (κ1) is 22.6. The molecular formula is C28H46O2. The summed E-state index contributed by atoms with van der Waals surface area (Å²) < 4.78 is 0. The molecule has 170 valence electrons. The fourth-order valence-corrected chi connectivity index (χ4v) is 8.66. The number of aliphatic hydroxyl groups excluding tert-OH is 1. The molecule has 4 fully saturated rings. The van der Waals surface area contributed by atoms with E-state index >= 15 is 0 Å². The number of allylic oxidation sites excluding steroid dienone is 2. The van der Waals surface area contributed by atoms with E-state index in [1.165, 1.54) is 25.7 Å². The van der Waals surface area contributed by atoms with Crippen LogP contribution >= 0.6 is 0 Å². The molecular weight excluding hydrogens is 368 g/mol. The van der Waals surface area contributed by atoms with Crippen molar-refractivity contribution in [3.63, 3.8) is 0 Å². The minimum atomic E-state index is -0.139. The minimum absolute atomic E-state index is 0.136. The Bertz CT molecular complexity index is 680. The van der Waals surface area contributed by atoms with Crippen LogP contribution in [0.1, 0.15) is 92.9 Å². The summed E-state index contributed by atoms with van der Waals surface area (Å²) >= 11 is 0. The molecule has 0 heterocycles. The van der Waals surface area contributed by atoms with Crippen LogP contribution in [0.15, 0.2) is 12.2 Å². The predicted octanol–water partition coefficient (Wildman–Crippen LogP) is 6.67. The summed E-state index contributed by atoms with van der Waals surface area (Å²) in [5, 5.41) is 10.2. The highest BCUT2D eigenvalue weighted by Gasteiger charge is 2.63. The third-order valence-electron chi connectivity index (χ3n) is 10.8. The lowest BCUT2D eigenvalue weighted by Crippen LogP contribution is -2.57. The Labute approximate surface area is 185 Å². The molecule has 0 amide bonds. The average Bonchev–Trinajstić information content (AvgIpc) is 3.02. The minimum Gasteiger partial charge on any atom is -0.393 e. The molecule has 0 aliphatic heterocycles. The van der Waals surface area contributed by atoms with Crippen molar-refractivity contribution >= 4 is 5.78 Å². The molecule has 4 saturated carbocycles. The third kappa shape index (κ3) is 3.54. The normalized spacial score (nSPS) is 48.3. The molecule has 0 unspecified atom stereocenters. The zero-order chi connectivity index (χ0) is 21.8. The van der Waals surface area contributed by atoms with Gasteiger partial charge in [0.1, 0.15) is 5.78 Å². The van der Waals surface area contributed by atoms with Gasteiger partial charge < -0.3 is 5.11 Å². The molecule has 0 aromatic heterocycles. The maximum absolute atomic E-state index is 13.8. The number of carbonyl (C=O) groups is 1. The third-order valence-corrected chi connectivity index (χ3v) is 10.8. The first-order chi connectivity index (χ1) is 14.1. The largest absolute Gasteiger partial charge is 0.393 e. The van der Waals surface area contributed by atoms with E-state index in [0.717, 1.165) is 25.7 Å². The van der Waals surface area contributed by atoms with Crippen LogP contribution in [0.2, 0.25) is 0 Å². The van der Waals surface area contributed by atoms with Crippen molar-refractivity contribution in [2.75, 3.05) is 0 Å². The van der Waals surface area contributed by atoms with E-state index < -0.39 is 0 Å². The van der Waals surface area contributed by atoms with Gasteiger partial charge in [-0.3, -0.25) is 4.79 Å². The Morgan fingerprint density at radius 1 is 0.967 bits per heavy atom. The second-order valence-corrected chi connectivity index (χ2v) is 12.6. The summed E-state index contributed by atoms with van der Waals surface area (Å²) in [6.45, 7) is 14.2. The second kappa shape index (κ2) is 8.05. The molecule has 4 aliphatic rings. The molecule has 0 spiro atoms. The van der Waals surface area contributed by atoms with Gasteiger partial charge in [-0.2, -0.15) is 0 Å². The summed E-state index contributed by atoms with van der Waals surface area (Å²) in [5.41, 5.74) is 0.317. The highest BCUT2D eigenvalue weighted by atomic mass is 16.3. The maximum Gasteiger partial charge on any atom is 0.137 e. The summed E-state index contributed by atoms with van der Waals surface area (Å²) in [6.07, 6.45) is 13.5. The Hall–Kier alpha value is -0.630. The molecule has 4 rings (SSSR count). The lowest BCUT2D eigenvalue weighted by Gasteiger charge is -2.60. The van der Waals surface area contributed by atoms with E-state index in [1.54, 1.807) is 0 Å². The van der Waals surface area contributed by atoms with Crippen molar-refractivity contribution in [3.8, 4) is 0 Å². The molecule has 0 aromatic carbocycles. The van der Waals surface area contributed by atoms with Crippen molar-refractivity contribution in [3.05, 3.63) is 12.2 Å². The molecule has 0 saturated heterocycles. The van der Waals surface area contributed by atoms with Crippen molar-refractivity contribution in [1.29, 1.82) is 0 Å². The number of aliphatic hydroxyl groups is 1. The van der Waals surface area contributed by atoms with Crippen LogP contribution in [0.5, 0.6) is 0 Å². The van der Waals surface area contributed by atoms with E-state index in [-0.39, 0.29) is 22.9 Å². The number of carbonyl (C=O) groups excluding carboxylic acids is 1. The van der Waals surface area contributed by atoms with E-state index in [9.17, 15) is 9.90 Å². The average molecular weight is 415 g/mol. The molecule has 0 bridgehead atoms. The van der Waals surface area contributed by atoms with Gasteiger partial charge in [0.05, 0.1) is 6.10 Å². The van der Waals surface area contributed by atoms with E-state index in [1.807, 2.05) is 0 Å². The molecule has 10 atom stereocenters. The highest BCUT2D eigenvalue weighted by Crippen LogP contribution is 2.67. The van der Waals surface area contributed by atoms with Crippen LogP contribution in [-0.4, -0.2) is 17.0 Å². The van der Waals surface area contributed by atoms with Gasteiger partial charge in [0.25, 0.3) is 0 Å². The fourth-order valence-electron chi connectivity index (χ4n) is 8.66. The lowest BCUT2D eigenvalue weighted by atomic mass is 9.44. The van der Waals surface area contributed by atoms with Crippen LogP contribution in [0.25, 0.3) is 0 Å². The fraction of sp³-hybridized carbons (Fsp3) is 0.893. The van der Waals surface area contributed by atoms with E-state index in [4.69, 9.17) is 0 Å². The van der Waals surface area contributed by atoms with Crippen molar-refractivity contribution in [2.45, 2.75) is 99.0 Å². The topological polar surface area (TPSA) is 37.3 Å². The van der Waals surface area contributed by atoms with Crippen LogP contribution < -0.4 is 0 Å². The maximum atomic E-state index is 13.8. The number of hydrogen-bond acceptors (Lipinski definition) is 2. The van der Waals surface area contributed by atoms with Gasteiger partial charge in [0.2, 0.25) is 0 Å². The SMILES string of the molecule is CC(C)[C@@H](C)/C=C/[C@@H](C)[C@H]1CC[C@H]2[C@@H]3CC[C@H]4C[C@H](O)CC[C@]4(C)[C@H]3C(=O)C[C@]12C. The van der Waals surface area contributed by atoms with Crippen molar-refractivity contribution in [2.24, 2.45) is 58.2 Å². The number of fused-ring (bicyclic) bond motifs is 5. The first-order valence-corrected chi connectivity index (χ1v) is 13.0. The van der Waals surface area contributed by atoms with Gasteiger partial charge >= 0.3 is 0 Å². The number of rotatable bonds is 4. The van der Waals surface area contributed by atoms with E-state index in [0.29, 0.717) is 47.2 Å². The summed E-state index contributed by atoms with van der Waals surface area (Å²) in [6, 6.07) is 0.